The van der Waals surface area contributed by atoms with Crippen molar-refractivity contribution in [2.75, 3.05) is 7.05 Å². The van der Waals surface area contributed by atoms with Gasteiger partial charge in [0.15, 0.2) is 0 Å². The molecule has 2 N–H and O–H groups in total. The molecule has 1 aliphatic rings. The van der Waals surface area contributed by atoms with Crippen molar-refractivity contribution in [2.24, 2.45) is 0 Å². The lowest BCUT2D eigenvalue weighted by molar-refractivity contribution is -0.123. The minimum Gasteiger partial charge on any atom is -0.402 e. The van der Waals surface area contributed by atoms with E-state index in [-0.39, 0.29) is 17.9 Å². The molecule has 1 heterocycles. The summed E-state index contributed by atoms with van der Waals surface area (Å²) in [5.41, 5.74) is 0.484. The molecule has 0 saturated carbocycles. The van der Waals surface area contributed by atoms with Crippen molar-refractivity contribution in [2.45, 2.75) is 89.9 Å². The minimum absolute atomic E-state index is 0.0174. The molecule has 1 aromatic carbocycles. The summed E-state index contributed by atoms with van der Waals surface area (Å²) in [5.74, 6) is -0.159. The van der Waals surface area contributed by atoms with Crippen LogP contribution < -0.4 is 10.6 Å². The van der Waals surface area contributed by atoms with Crippen LogP contribution in [-0.2, 0) is 20.5 Å². The zero-order valence-electron chi connectivity index (χ0n) is 18.4. The fourth-order valence-electron chi connectivity index (χ4n) is 3.48. The monoisotopic (exact) mass is 388 g/mol. The maximum atomic E-state index is 12.8. The summed E-state index contributed by atoms with van der Waals surface area (Å²) in [6.45, 7) is 10.3. The van der Waals surface area contributed by atoms with Crippen LogP contribution in [0.1, 0.15) is 65.9 Å². The molecule has 5 nitrogen and oxygen atoms in total. The fraction of sp³-hybridized carbons (Fsp3) is 0.682. The first kappa shape index (κ1) is 22.9. The number of hydrogen-bond acceptors (Lipinski definition) is 4. The van der Waals surface area contributed by atoms with Crippen molar-refractivity contribution in [3.05, 3.63) is 35.9 Å². The maximum Gasteiger partial charge on any atom is 0.481 e. The van der Waals surface area contributed by atoms with Crippen LogP contribution in [0.5, 0.6) is 0 Å². The topological polar surface area (TPSA) is 59.6 Å². The van der Waals surface area contributed by atoms with E-state index >= 15 is 0 Å². The molecule has 1 fully saturated rings. The molecule has 1 amide bonds. The molecule has 0 aliphatic carbocycles. The van der Waals surface area contributed by atoms with Gasteiger partial charge in [0.25, 0.3) is 0 Å². The second kappa shape index (κ2) is 9.90. The molecular weight excluding hydrogens is 351 g/mol. The van der Waals surface area contributed by atoms with E-state index in [1.807, 2.05) is 40.8 Å². The molecule has 0 spiro atoms. The lowest BCUT2D eigenvalue weighted by Crippen LogP contribution is -2.53. The SMILES string of the molecule is CCC[C@@H](NC)C(=O)N[C@@H](CCCc1ccccc1)B1OC(C)(C)C(C)(C)O1. The Morgan fingerprint density at radius 1 is 1.07 bits per heavy atom. The van der Waals surface area contributed by atoms with Crippen LogP contribution in [0.3, 0.4) is 0 Å². The van der Waals surface area contributed by atoms with E-state index < -0.39 is 18.3 Å². The van der Waals surface area contributed by atoms with Gasteiger partial charge in [-0.25, -0.2) is 0 Å². The molecule has 6 heteroatoms. The number of benzene rings is 1. The van der Waals surface area contributed by atoms with Crippen LogP contribution in [0.4, 0.5) is 0 Å². The Bertz CT molecular complexity index is 605. The van der Waals surface area contributed by atoms with Crippen molar-refractivity contribution in [1.82, 2.24) is 10.6 Å². The molecule has 0 unspecified atom stereocenters. The average Bonchev–Trinajstić information content (AvgIpc) is 2.87. The quantitative estimate of drug-likeness (QED) is 0.603. The van der Waals surface area contributed by atoms with Gasteiger partial charge in [0.1, 0.15) is 0 Å². The summed E-state index contributed by atoms with van der Waals surface area (Å²) in [5, 5.41) is 6.32. The number of amides is 1. The predicted molar refractivity (Wildman–Crippen MR) is 115 cm³/mol. The van der Waals surface area contributed by atoms with E-state index in [1.165, 1.54) is 5.56 Å². The van der Waals surface area contributed by atoms with Crippen LogP contribution in [-0.4, -0.2) is 43.3 Å². The molecule has 0 radical (unpaired) electrons. The van der Waals surface area contributed by atoms with Crippen molar-refractivity contribution >= 4 is 13.0 Å². The number of hydrogen-bond donors (Lipinski definition) is 2. The standard InChI is InChI=1S/C22H37BN2O3/c1-7-12-18(24-6)20(26)25-19(16-11-15-17-13-9-8-10-14-17)23-27-21(2,3)22(4,5)28-23/h8-10,13-14,18-19,24H,7,11-12,15-16H2,1-6H3,(H,25,26)/t18-,19+/m1/s1. The maximum absolute atomic E-state index is 12.8. The second-order valence-electron chi connectivity index (χ2n) is 8.75. The molecule has 2 rings (SSSR count). The minimum atomic E-state index is -0.441. The largest absolute Gasteiger partial charge is 0.481 e. The smallest absolute Gasteiger partial charge is 0.402 e. The van der Waals surface area contributed by atoms with Gasteiger partial charge in [-0.3, -0.25) is 4.79 Å². The summed E-state index contributed by atoms with van der Waals surface area (Å²) in [6.07, 6.45) is 4.49. The lowest BCUT2D eigenvalue weighted by Gasteiger charge is -2.32. The summed E-state index contributed by atoms with van der Waals surface area (Å²) >= 11 is 0. The highest BCUT2D eigenvalue weighted by Crippen LogP contribution is 2.38. The lowest BCUT2D eigenvalue weighted by atomic mass is 9.75. The molecule has 1 aliphatic heterocycles. The molecule has 28 heavy (non-hydrogen) atoms. The number of aryl methyl sites for hydroxylation is 1. The van der Waals surface area contributed by atoms with E-state index in [9.17, 15) is 4.79 Å². The zero-order chi connectivity index (χ0) is 20.8. The number of rotatable bonds is 10. The highest BCUT2D eigenvalue weighted by molar-refractivity contribution is 6.48. The van der Waals surface area contributed by atoms with Gasteiger partial charge in [-0.2, -0.15) is 0 Å². The van der Waals surface area contributed by atoms with E-state index in [1.54, 1.807) is 0 Å². The fourth-order valence-corrected chi connectivity index (χ4v) is 3.48. The van der Waals surface area contributed by atoms with Crippen molar-refractivity contribution in [3.8, 4) is 0 Å². The third kappa shape index (κ3) is 5.82. The summed E-state index contributed by atoms with van der Waals surface area (Å²) in [7, 11) is 1.39. The number of nitrogens with one attached hydrogen (secondary N) is 2. The first-order valence-corrected chi connectivity index (χ1v) is 10.6. The van der Waals surface area contributed by atoms with Gasteiger partial charge in [-0.15, -0.1) is 0 Å². The van der Waals surface area contributed by atoms with E-state index in [4.69, 9.17) is 9.31 Å². The van der Waals surface area contributed by atoms with Crippen LogP contribution in [0.2, 0.25) is 0 Å². The Kier molecular flexibility index (Phi) is 8.11. The van der Waals surface area contributed by atoms with Crippen LogP contribution in [0.15, 0.2) is 30.3 Å². The molecule has 0 aromatic heterocycles. The van der Waals surface area contributed by atoms with E-state index in [2.05, 4.69) is 41.8 Å². The van der Waals surface area contributed by atoms with E-state index in [0.29, 0.717) is 0 Å². The van der Waals surface area contributed by atoms with Gasteiger partial charge in [0.2, 0.25) is 5.91 Å². The van der Waals surface area contributed by atoms with Gasteiger partial charge in [-0.1, -0.05) is 43.7 Å². The molecule has 0 bridgehead atoms. The van der Waals surface area contributed by atoms with Gasteiger partial charge >= 0.3 is 7.12 Å². The normalized spacial score (nSPS) is 20.0. The number of likely N-dealkylation sites (N-methyl/N-ethyl adjacent to an activating group) is 1. The van der Waals surface area contributed by atoms with Gasteiger partial charge in [-0.05, 0) is 66.0 Å². The third-order valence-electron chi connectivity index (χ3n) is 5.99. The summed E-state index contributed by atoms with van der Waals surface area (Å²) in [6, 6.07) is 10.2. The molecule has 156 valence electrons. The Hall–Kier alpha value is -1.37. The van der Waals surface area contributed by atoms with Crippen LogP contribution >= 0.6 is 0 Å². The average molecular weight is 388 g/mol. The second-order valence-corrected chi connectivity index (χ2v) is 8.75. The van der Waals surface area contributed by atoms with Crippen molar-refractivity contribution in [3.63, 3.8) is 0 Å². The van der Waals surface area contributed by atoms with Crippen molar-refractivity contribution < 1.29 is 14.1 Å². The van der Waals surface area contributed by atoms with Gasteiger partial charge in [0.05, 0.1) is 23.2 Å². The number of carbonyl (C=O) groups excluding carboxylic acids is 1. The molecular formula is C22H37BN2O3. The molecule has 1 saturated heterocycles. The highest BCUT2D eigenvalue weighted by Gasteiger charge is 2.54. The Balaban J connectivity index is 2.06. The summed E-state index contributed by atoms with van der Waals surface area (Å²) in [4.78, 5) is 12.8. The van der Waals surface area contributed by atoms with Gasteiger partial charge < -0.3 is 19.9 Å². The Morgan fingerprint density at radius 2 is 1.68 bits per heavy atom. The third-order valence-corrected chi connectivity index (χ3v) is 5.99. The highest BCUT2D eigenvalue weighted by atomic mass is 16.7. The van der Waals surface area contributed by atoms with Crippen LogP contribution in [0, 0.1) is 0 Å². The van der Waals surface area contributed by atoms with Crippen molar-refractivity contribution in [1.29, 1.82) is 0 Å². The van der Waals surface area contributed by atoms with E-state index in [0.717, 1.165) is 32.1 Å². The zero-order valence-corrected chi connectivity index (χ0v) is 18.4. The first-order chi connectivity index (χ1) is 13.2. The molecule has 1 aromatic rings. The molecule has 2 atom stereocenters. The van der Waals surface area contributed by atoms with Crippen LogP contribution in [0.25, 0.3) is 0 Å². The Labute approximate surface area is 171 Å². The summed E-state index contributed by atoms with van der Waals surface area (Å²) < 4.78 is 12.5. The predicted octanol–water partition coefficient (Wildman–Crippen LogP) is 3.51. The Morgan fingerprint density at radius 3 is 2.21 bits per heavy atom. The number of carbonyl (C=O) groups is 1. The first-order valence-electron chi connectivity index (χ1n) is 10.6. The van der Waals surface area contributed by atoms with Gasteiger partial charge in [0, 0.05) is 0 Å².